The van der Waals surface area contributed by atoms with Gasteiger partial charge in [-0.15, -0.1) is 0 Å². The number of rotatable bonds is 7. The Morgan fingerprint density at radius 2 is 1.82 bits per heavy atom. The monoisotopic (exact) mass is 235 g/mol. The van der Waals surface area contributed by atoms with E-state index in [1.54, 1.807) is 7.11 Å². The van der Waals surface area contributed by atoms with Crippen molar-refractivity contribution in [2.24, 2.45) is 11.8 Å². The van der Waals surface area contributed by atoms with E-state index in [0.717, 1.165) is 25.3 Å². The van der Waals surface area contributed by atoms with Crippen molar-refractivity contribution < 1.29 is 4.74 Å². The van der Waals surface area contributed by atoms with Crippen LogP contribution in [0, 0.1) is 11.8 Å². The molecular formula is C15H25NO. The zero-order chi connectivity index (χ0) is 12.7. The predicted octanol–water partition coefficient (Wildman–Crippen LogP) is 3.12. The highest BCUT2D eigenvalue weighted by Crippen LogP contribution is 2.19. The topological polar surface area (TPSA) is 21.3 Å². The number of nitrogens with one attached hydrogen (secondary N) is 1. The highest BCUT2D eigenvalue weighted by atomic mass is 16.5. The Hall–Kier alpha value is -1.02. The summed E-state index contributed by atoms with van der Waals surface area (Å²) in [6, 6.07) is 8.42. The SMILES string of the molecule is CCNCC(Cc1ccc(OC)cc1)C(C)C. The van der Waals surface area contributed by atoms with Crippen LogP contribution < -0.4 is 10.1 Å². The largest absolute Gasteiger partial charge is 0.497 e. The number of hydrogen-bond donors (Lipinski definition) is 1. The van der Waals surface area contributed by atoms with E-state index in [1.807, 2.05) is 12.1 Å². The second-order valence-electron chi connectivity index (χ2n) is 4.86. The quantitative estimate of drug-likeness (QED) is 0.784. The lowest BCUT2D eigenvalue weighted by atomic mass is 9.89. The van der Waals surface area contributed by atoms with E-state index in [4.69, 9.17) is 4.74 Å². The van der Waals surface area contributed by atoms with Crippen LogP contribution in [-0.4, -0.2) is 20.2 Å². The molecule has 0 fully saturated rings. The second kappa shape index (κ2) is 7.33. The van der Waals surface area contributed by atoms with Gasteiger partial charge < -0.3 is 10.1 Å². The lowest BCUT2D eigenvalue weighted by molar-refractivity contribution is 0.363. The summed E-state index contributed by atoms with van der Waals surface area (Å²) in [5.41, 5.74) is 1.39. The zero-order valence-electron chi connectivity index (χ0n) is 11.5. The van der Waals surface area contributed by atoms with Gasteiger partial charge in [-0.1, -0.05) is 32.9 Å². The normalized spacial score (nSPS) is 12.8. The molecule has 0 saturated heterocycles. The Morgan fingerprint density at radius 3 is 2.29 bits per heavy atom. The molecule has 0 aliphatic carbocycles. The van der Waals surface area contributed by atoms with Gasteiger partial charge in [0, 0.05) is 0 Å². The molecule has 0 spiro atoms. The van der Waals surface area contributed by atoms with E-state index in [0.29, 0.717) is 11.8 Å². The van der Waals surface area contributed by atoms with Gasteiger partial charge in [-0.2, -0.15) is 0 Å². The van der Waals surface area contributed by atoms with Gasteiger partial charge in [-0.3, -0.25) is 0 Å². The van der Waals surface area contributed by atoms with Crippen molar-refractivity contribution in [3.05, 3.63) is 29.8 Å². The van der Waals surface area contributed by atoms with Gasteiger partial charge in [0.25, 0.3) is 0 Å². The minimum atomic E-state index is 0.698. The van der Waals surface area contributed by atoms with E-state index in [9.17, 15) is 0 Å². The van der Waals surface area contributed by atoms with Gasteiger partial charge >= 0.3 is 0 Å². The molecule has 0 bridgehead atoms. The lowest BCUT2D eigenvalue weighted by Crippen LogP contribution is -2.27. The fourth-order valence-corrected chi connectivity index (χ4v) is 1.94. The third-order valence-electron chi connectivity index (χ3n) is 3.26. The molecule has 1 unspecified atom stereocenters. The average Bonchev–Trinajstić information content (AvgIpc) is 2.35. The van der Waals surface area contributed by atoms with Crippen LogP contribution in [0.3, 0.4) is 0 Å². The number of methoxy groups -OCH3 is 1. The molecule has 1 N–H and O–H groups in total. The maximum absolute atomic E-state index is 5.17. The molecule has 1 atom stereocenters. The molecule has 0 aromatic heterocycles. The highest BCUT2D eigenvalue weighted by molar-refractivity contribution is 5.27. The van der Waals surface area contributed by atoms with Crippen molar-refractivity contribution in [3.8, 4) is 5.75 Å². The summed E-state index contributed by atoms with van der Waals surface area (Å²) in [5, 5.41) is 3.45. The fraction of sp³-hybridized carbons (Fsp3) is 0.600. The van der Waals surface area contributed by atoms with Crippen molar-refractivity contribution in [2.75, 3.05) is 20.2 Å². The van der Waals surface area contributed by atoms with E-state index in [-0.39, 0.29) is 0 Å². The van der Waals surface area contributed by atoms with Crippen LogP contribution in [0.4, 0.5) is 0 Å². The third-order valence-corrected chi connectivity index (χ3v) is 3.26. The first-order chi connectivity index (χ1) is 8.17. The Balaban J connectivity index is 2.58. The van der Waals surface area contributed by atoms with Crippen molar-refractivity contribution in [1.82, 2.24) is 5.32 Å². The van der Waals surface area contributed by atoms with Crippen LogP contribution in [-0.2, 0) is 6.42 Å². The van der Waals surface area contributed by atoms with Gasteiger partial charge in [0.05, 0.1) is 7.11 Å². The van der Waals surface area contributed by atoms with E-state index >= 15 is 0 Å². The van der Waals surface area contributed by atoms with Gasteiger partial charge in [-0.05, 0) is 49.0 Å². The molecule has 96 valence electrons. The molecule has 1 aromatic rings. The third kappa shape index (κ3) is 4.78. The van der Waals surface area contributed by atoms with E-state index in [1.165, 1.54) is 5.56 Å². The van der Waals surface area contributed by atoms with E-state index in [2.05, 4.69) is 38.2 Å². The highest BCUT2D eigenvalue weighted by Gasteiger charge is 2.13. The van der Waals surface area contributed by atoms with Crippen LogP contribution in [0.5, 0.6) is 5.75 Å². The molecule has 2 nitrogen and oxygen atoms in total. The van der Waals surface area contributed by atoms with Gasteiger partial charge in [0.2, 0.25) is 0 Å². The minimum absolute atomic E-state index is 0.698. The number of benzene rings is 1. The second-order valence-corrected chi connectivity index (χ2v) is 4.86. The molecule has 0 amide bonds. The minimum Gasteiger partial charge on any atom is -0.497 e. The summed E-state index contributed by atoms with van der Waals surface area (Å²) in [5.74, 6) is 2.33. The number of ether oxygens (including phenoxy) is 1. The standard InChI is InChI=1S/C15H25NO/c1-5-16-11-14(12(2)3)10-13-6-8-15(17-4)9-7-13/h6-9,12,14,16H,5,10-11H2,1-4H3. The summed E-state index contributed by atoms with van der Waals surface area (Å²) in [7, 11) is 1.71. The molecule has 0 radical (unpaired) electrons. The Kier molecular flexibility index (Phi) is 6.06. The van der Waals surface area contributed by atoms with Crippen molar-refractivity contribution >= 4 is 0 Å². The van der Waals surface area contributed by atoms with Gasteiger partial charge in [0.1, 0.15) is 5.75 Å². The zero-order valence-corrected chi connectivity index (χ0v) is 11.5. The predicted molar refractivity (Wildman–Crippen MR) is 73.6 cm³/mol. The summed E-state index contributed by atoms with van der Waals surface area (Å²) >= 11 is 0. The molecule has 2 heteroatoms. The molecule has 17 heavy (non-hydrogen) atoms. The molecule has 0 aliphatic rings. The first kappa shape index (κ1) is 14.0. The Morgan fingerprint density at radius 1 is 1.18 bits per heavy atom. The molecular weight excluding hydrogens is 210 g/mol. The van der Waals surface area contributed by atoms with Crippen LogP contribution in [0.1, 0.15) is 26.3 Å². The first-order valence-electron chi connectivity index (χ1n) is 6.51. The molecule has 1 aromatic carbocycles. The van der Waals surface area contributed by atoms with E-state index < -0.39 is 0 Å². The van der Waals surface area contributed by atoms with Crippen LogP contribution in [0.2, 0.25) is 0 Å². The fourth-order valence-electron chi connectivity index (χ4n) is 1.94. The van der Waals surface area contributed by atoms with Crippen LogP contribution in [0.25, 0.3) is 0 Å². The molecule has 0 saturated carbocycles. The lowest BCUT2D eigenvalue weighted by Gasteiger charge is -2.21. The maximum atomic E-state index is 5.17. The first-order valence-corrected chi connectivity index (χ1v) is 6.51. The van der Waals surface area contributed by atoms with Crippen LogP contribution >= 0.6 is 0 Å². The summed E-state index contributed by atoms with van der Waals surface area (Å²) in [4.78, 5) is 0. The summed E-state index contributed by atoms with van der Waals surface area (Å²) in [6.45, 7) is 8.90. The molecule has 0 heterocycles. The number of hydrogen-bond acceptors (Lipinski definition) is 2. The summed E-state index contributed by atoms with van der Waals surface area (Å²) < 4.78 is 5.17. The van der Waals surface area contributed by atoms with Gasteiger partial charge in [0.15, 0.2) is 0 Å². The average molecular weight is 235 g/mol. The van der Waals surface area contributed by atoms with Crippen molar-refractivity contribution in [3.63, 3.8) is 0 Å². The van der Waals surface area contributed by atoms with Crippen molar-refractivity contribution in [2.45, 2.75) is 27.2 Å². The van der Waals surface area contributed by atoms with Crippen molar-refractivity contribution in [1.29, 1.82) is 0 Å². The molecule has 1 rings (SSSR count). The summed E-state index contributed by atoms with van der Waals surface area (Å²) in [6.07, 6.45) is 1.13. The molecule has 0 aliphatic heterocycles. The van der Waals surface area contributed by atoms with Crippen LogP contribution in [0.15, 0.2) is 24.3 Å². The Labute approximate surface area is 105 Å². The smallest absolute Gasteiger partial charge is 0.118 e. The Bertz CT molecular complexity index is 305. The van der Waals surface area contributed by atoms with Gasteiger partial charge in [-0.25, -0.2) is 0 Å². The maximum Gasteiger partial charge on any atom is 0.118 e.